The molecule has 0 spiro atoms. The molecule has 0 aliphatic carbocycles. The molecular weight excluding hydrogens is 248 g/mol. The van der Waals surface area contributed by atoms with Gasteiger partial charge >= 0.3 is 5.43 Å². The maximum atomic E-state index is 10.7. The van der Waals surface area contributed by atoms with Gasteiger partial charge in [-0.2, -0.15) is 0 Å². The van der Waals surface area contributed by atoms with Gasteiger partial charge in [0.15, 0.2) is 0 Å². The molecule has 0 aromatic heterocycles. The predicted octanol–water partition coefficient (Wildman–Crippen LogP) is 4.73. The van der Waals surface area contributed by atoms with Gasteiger partial charge in [0, 0.05) is 11.6 Å². The molecule has 0 N–H and O–H groups in total. The molecule has 0 atom stereocenters. The number of halogens is 1. The van der Waals surface area contributed by atoms with Gasteiger partial charge in [0.1, 0.15) is 5.75 Å². The normalized spacial score (nSPS) is 10.7. The number of rotatable bonds is 1. The highest BCUT2D eigenvalue weighted by molar-refractivity contribution is 6.61. The number of carbonyl (C=O) groups is 1. The van der Waals surface area contributed by atoms with Crippen LogP contribution in [0.4, 0.5) is 4.79 Å². The third-order valence-electron chi connectivity index (χ3n) is 2.91. The Morgan fingerprint density at radius 2 is 1.61 bits per heavy atom. The van der Waals surface area contributed by atoms with E-state index in [1.807, 2.05) is 36.4 Å². The maximum Gasteiger partial charge on any atom is 0.409 e. The lowest BCUT2D eigenvalue weighted by Crippen LogP contribution is -1.95. The summed E-state index contributed by atoms with van der Waals surface area (Å²) in [6, 6.07) is 17.7. The number of ether oxygens (including phenoxy) is 1. The van der Waals surface area contributed by atoms with Crippen LogP contribution in [0.2, 0.25) is 0 Å². The van der Waals surface area contributed by atoms with Crippen molar-refractivity contribution in [1.82, 2.24) is 0 Å². The molecule has 0 unspecified atom stereocenters. The fourth-order valence-corrected chi connectivity index (χ4v) is 2.24. The smallest absolute Gasteiger partial charge is 0.409 e. The van der Waals surface area contributed by atoms with Crippen LogP contribution in [-0.2, 0) is 0 Å². The van der Waals surface area contributed by atoms with Crippen molar-refractivity contribution in [2.45, 2.75) is 0 Å². The zero-order valence-electron chi connectivity index (χ0n) is 9.39. The molecule has 3 rings (SSSR count). The molecular formula is C15H9ClO2. The predicted molar refractivity (Wildman–Crippen MR) is 73.3 cm³/mol. The Morgan fingerprint density at radius 3 is 2.44 bits per heavy atom. The lowest BCUT2D eigenvalue weighted by Gasteiger charge is -2.05. The average Bonchev–Trinajstić information content (AvgIpc) is 2.37. The molecule has 0 saturated heterocycles. The van der Waals surface area contributed by atoms with Crippen LogP contribution in [0.3, 0.4) is 0 Å². The molecule has 0 heterocycles. The second kappa shape index (κ2) is 4.31. The van der Waals surface area contributed by atoms with Crippen LogP contribution in [0.15, 0.2) is 54.6 Å². The molecule has 3 heteroatoms. The van der Waals surface area contributed by atoms with Crippen molar-refractivity contribution in [2.75, 3.05) is 0 Å². The molecule has 0 fully saturated rings. The summed E-state index contributed by atoms with van der Waals surface area (Å²) in [7, 11) is 0. The summed E-state index contributed by atoms with van der Waals surface area (Å²) in [5.74, 6) is 0.456. The van der Waals surface area contributed by atoms with E-state index in [9.17, 15) is 4.79 Å². The Kier molecular flexibility index (Phi) is 2.65. The van der Waals surface area contributed by atoms with Gasteiger partial charge in [-0.1, -0.05) is 42.5 Å². The van der Waals surface area contributed by atoms with Crippen molar-refractivity contribution in [1.29, 1.82) is 0 Å². The minimum absolute atomic E-state index is 0.456. The minimum atomic E-state index is -0.824. The highest BCUT2D eigenvalue weighted by atomic mass is 35.5. The van der Waals surface area contributed by atoms with Gasteiger partial charge in [0.2, 0.25) is 0 Å². The van der Waals surface area contributed by atoms with E-state index in [0.29, 0.717) is 5.75 Å². The number of hydrogen-bond acceptors (Lipinski definition) is 2. The highest BCUT2D eigenvalue weighted by Gasteiger charge is 2.04. The van der Waals surface area contributed by atoms with Gasteiger partial charge in [-0.25, -0.2) is 4.79 Å². The van der Waals surface area contributed by atoms with E-state index < -0.39 is 5.43 Å². The first-order valence-corrected chi connectivity index (χ1v) is 5.91. The van der Waals surface area contributed by atoms with Gasteiger partial charge in [-0.3, -0.25) is 0 Å². The first-order valence-electron chi connectivity index (χ1n) is 5.53. The van der Waals surface area contributed by atoms with Crippen molar-refractivity contribution in [3.8, 4) is 5.75 Å². The van der Waals surface area contributed by atoms with Crippen molar-refractivity contribution in [2.24, 2.45) is 0 Å². The van der Waals surface area contributed by atoms with Crippen molar-refractivity contribution in [3.05, 3.63) is 54.6 Å². The summed E-state index contributed by atoms with van der Waals surface area (Å²) < 4.78 is 4.86. The van der Waals surface area contributed by atoms with Crippen LogP contribution >= 0.6 is 11.6 Å². The maximum absolute atomic E-state index is 10.7. The summed E-state index contributed by atoms with van der Waals surface area (Å²) in [6.45, 7) is 0. The van der Waals surface area contributed by atoms with E-state index >= 15 is 0 Å². The van der Waals surface area contributed by atoms with Crippen LogP contribution in [0, 0.1) is 0 Å². The molecule has 0 radical (unpaired) electrons. The van der Waals surface area contributed by atoms with Gasteiger partial charge in [-0.05, 0) is 33.7 Å². The van der Waals surface area contributed by atoms with Crippen LogP contribution in [-0.4, -0.2) is 5.43 Å². The number of carbonyl (C=O) groups excluding carboxylic acids is 1. The Hall–Kier alpha value is -2.06. The standard InChI is InChI=1S/C15H9ClO2/c16-15(17)18-12-7-8-14-11(9-12)6-5-10-3-1-2-4-13(10)14/h1-9H. The second-order valence-electron chi connectivity index (χ2n) is 4.01. The summed E-state index contributed by atoms with van der Waals surface area (Å²) in [5.41, 5.74) is -0.824. The first-order chi connectivity index (χ1) is 8.74. The number of fused-ring (bicyclic) bond motifs is 3. The molecule has 0 aliphatic heterocycles. The molecule has 88 valence electrons. The van der Waals surface area contributed by atoms with Crippen molar-refractivity contribution in [3.63, 3.8) is 0 Å². The molecule has 3 aromatic rings. The summed E-state index contributed by atoms with van der Waals surface area (Å²) in [5, 5.41) is 4.51. The van der Waals surface area contributed by atoms with Gasteiger partial charge in [0.05, 0.1) is 0 Å². The van der Waals surface area contributed by atoms with Crippen LogP contribution in [0.5, 0.6) is 5.75 Å². The van der Waals surface area contributed by atoms with Crippen LogP contribution in [0.25, 0.3) is 21.5 Å². The topological polar surface area (TPSA) is 26.3 Å². The Morgan fingerprint density at radius 1 is 0.889 bits per heavy atom. The van der Waals surface area contributed by atoms with E-state index in [0.717, 1.165) is 10.8 Å². The summed E-state index contributed by atoms with van der Waals surface area (Å²) in [6.07, 6.45) is 0. The fourth-order valence-electron chi connectivity index (χ4n) is 2.15. The van der Waals surface area contributed by atoms with Gasteiger partial charge in [0.25, 0.3) is 0 Å². The van der Waals surface area contributed by atoms with E-state index in [4.69, 9.17) is 16.3 Å². The molecule has 3 aromatic carbocycles. The summed E-state index contributed by atoms with van der Waals surface area (Å²) in [4.78, 5) is 10.7. The molecule has 0 amide bonds. The van der Waals surface area contributed by atoms with Crippen LogP contribution < -0.4 is 4.74 Å². The van der Waals surface area contributed by atoms with E-state index in [1.165, 1.54) is 10.8 Å². The monoisotopic (exact) mass is 256 g/mol. The second-order valence-corrected chi connectivity index (χ2v) is 4.32. The zero-order valence-corrected chi connectivity index (χ0v) is 10.1. The van der Waals surface area contributed by atoms with Gasteiger partial charge < -0.3 is 4.74 Å². The lowest BCUT2D eigenvalue weighted by molar-refractivity contribution is 0.225. The highest BCUT2D eigenvalue weighted by Crippen LogP contribution is 2.28. The third kappa shape index (κ3) is 1.91. The lowest BCUT2D eigenvalue weighted by atomic mass is 10.0. The van der Waals surface area contributed by atoms with E-state index in [-0.39, 0.29) is 0 Å². The molecule has 18 heavy (non-hydrogen) atoms. The van der Waals surface area contributed by atoms with Crippen LogP contribution in [0.1, 0.15) is 0 Å². The number of hydrogen-bond donors (Lipinski definition) is 0. The van der Waals surface area contributed by atoms with Crippen molar-refractivity contribution < 1.29 is 9.53 Å². The Balaban J connectivity index is 2.24. The largest absolute Gasteiger partial charge is 0.414 e. The molecule has 0 saturated carbocycles. The van der Waals surface area contributed by atoms with E-state index in [2.05, 4.69) is 12.1 Å². The number of benzene rings is 3. The average molecular weight is 257 g/mol. The van der Waals surface area contributed by atoms with Gasteiger partial charge in [-0.15, -0.1) is 0 Å². The third-order valence-corrected chi connectivity index (χ3v) is 2.99. The Labute approximate surface area is 109 Å². The SMILES string of the molecule is O=C(Cl)Oc1ccc2c(ccc3ccccc32)c1. The zero-order chi connectivity index (χ0) is 12.5. The quantitative estimate of drug-likeness (QED) is 0.465. The molecule has 0 aliphatic rings. The fraction of sp³-hybridized carbons (Fsp3) is 0. The first kappa shape index (κ1) is 11.1. The summed E-state index contributed by atoms with van der Waals surface area (Å²) >= 11 is 5.20. The molecule has 0 bridgehead atoms. The van der Waals surface area contributed by atoms with E-state index in [1.54, 1.807) is 6.07 Å². The molecule has 2 nitrogen and oxygen atoms in total. The Bertz CT molecular complexity index is 750. The van der Waals surface area contributed by atoms with Crippen molar-refractivity contribution >= 4 is 38.6 Å². The minimum Gasteiger partial charge on any atom is -0.414 e.